The second-order valence-electron chi connectivity index (χ2n) is 5.36. The van der Waals surface area contributed by atoms with Crippen molar-refractivity contribution in [2.45, 2.75) is 26.4 Å². The van der Waals surface area contributed by atoms with Gasteiger partial charge < -0.3 is 14.2 Å². The monoisotopic (exact) mass is 342 g/mol. The molecule has 5 nitrogen and oxygen atoms in total. The van der Waals surface area contributed by atoms with E-state index < -0.39 is 0 Å². The van der Waals surface area contributed by atoms with Crippen LogP contribution in [0, 0.1) is 0 Å². The number of carbonyl (C=O) groups is 2. The molecule has 2 aromatic carbocycles. The normalized spacial score (nSPS) is 10.2. The summed E-state index contributed by atoms with van der Waals surface area (Å²) in [6, 6.07) is 14.9. The van der Waals surface area contributed by atoms with Crippen LogP contribution in [0.25, 0.3) is 0 Å². The predicted molar refractivity (Wildman–Crippen MR) is 94.0 cm³/mol. The summed E-state index contributed by atoms with van der Waals surface area (Å²) >= 11 is 0. The molecule has 0 aliphatic heterocycles. The number of hydrogen-bond acceptors (Lipinski definition) is 5. The molecule has 0 atom stereocenters. The van der Waals surface area contributed by atoms with Crippen LogP contribution in [0.3, 0.4) is 0 Å². The molecule has 0 heterocycles. The molecule has 0 amide bonds. The van der Waals surface area contributed by atoms with Crippen molar-refractivity contribution in [2.75, 3.05) is 13.7 Å². The average Bonchev–Trinajstić information content (AvgIpc) is 2.65. The minimum atomic E-state index is -0.377. The van der Waals surface area contributed by atoms with Crippen molar-refractivity contribution in [1.82, 2.24) is 0 Å². The van der Waals surface area contributed by atoms with Crippen LogP contribution >= 0.6 is 0 Å². The Labute approximate surface area is 147 Å². The van der Waals surface area contributed by atoms with Gasteiger partial charge in [0, 0.05) is 12.5 Å². The summed E-state index contributed by atoms with van der Waals surface area (Å²) in [5, 5.41) is 0. The first-order chi connectivity index (χ1) is 12.1. The topological polar surface area (TPSA) is 61.8 Å². The Hall–Kier alpha value is -2.82. The van der Waals surface area contributed by atoms with Crippen LogP contribution in [0.2, 0.25) is 0 Å². The molecule has 5 heteroatoms. The number of methoxy groups -OCH3 is 1. The van der Waals surface area contributed by atoms with Gasteiger partial charge >= 0.3 is 5.97 Å². The van der Waals surface area contributed by atoms with E-state index in [-0.39, 0.29) is 24.6 Å². The molecule has 0 aromatic heterocycles. The first-order valence-electron chi connectivity index (χ1n) is 8.17. The third kappa shape index (κ3) is 5.64. The molecule has 132 valence electrons. The summed E-state index contributed by atoms with van der Waals surface area (Å²) < 4.78 is 15.9. The first kappa shape index (κ1) is 18.5. The zero-order valence-electron chi connectivity index (χ0n) is 14.5. The highest BCUT2D eigenvalue weighted by atomic mass is 16.5. The van der Waals surface area contributed by atoms with Gasteiger partial charge in [-0.05, 0) is 24.6 Å². The second-order valence-corrected chi connectivity index (χ2v) is 5.36. The molecule has 0 aliphatic rings. The smallest absolute Gasteiger partial charge is 0.306 e. The third-order valence-corrected chi connectivity index (χ3v) is 3.58. The van der Waals surface area contributed by atoms with Crippen molar-refractivity contribution >= 4 is 11.8 Å². The van der Waals surface area contributed by atoms with Gasteiger partial charge in [-0.25, -0.2) is 0 Å². The van der Waals surface area contributed by atoms with Gasteiger partial charge in [-0.3, -0.25) is 9.59 Å². The molecule has 0 spiro atoms. The lowest BCUT2D eigenvalue weighted by Crippen LogP contribution is -2.09. The van der Waals surface area contributed by atoms with E-state index >= 15 is 0 Å². The van der Waals surface area contributed by atoms with Crippen molar-refractivity contribution in [2.24, 2.45) is 0 Å². The summed E-state index contributed by atoms with van der Waals surface area (Å²) in [5.41, 5.74) is 1.48. The Morgan fingerprint density at radius 3 is 2.44 bits per heavy atom. The van der Waals surface area contributed by atoms with Crippen LogP contribution < -0.4 is 9.47 Å². The van der Waals surface area contributed by atoms with Crippen molar-refractivity contribution in [3.8, 4) is 11.5 Å². The predicted octanol–water partition coefficient (Wildman–Crippen LogP) is 3.80. The van der Waals surface area contributed by atoms with Gasteiger partial charge in [-0.2, -0.15) is 0 Å². The Bertz CT molecular complexity index is 709. The van der Waals surface area contributed by atoms with Crippen molar-refractivity contribution in [3.63, 3.8) is 0 Å². The molecule has 2 rings (SSSR count). The van der Waals surface area contributed by atoms with Gasteiger partial charge in [0.15, 0.2) is 5.78 Å². The summed E-state index contributed by atoms with van der Waals surface area (Å²) in [5.74, 6) is 0.499. The number of benzene rings is 2. The molecule has 25 heavy (non-hydrogen) atoms. The number of carbonyl (C=O) groups excluding carboxylic acids is 2. The van der Waals surface area contributed by atoms with Gasteiger partial charge in [0.25, 0.3) is 0 Å². The van der Waals surface area contributed by atoms with Crippen molar-refractivity contribution in [3.05, 3.63) is 59.7 Å². The molecule has 0 radical (unpaired) electrons. The minimum absolute atomic E-state index is 0.0576. The van der Waals surface area contributed by atoms with Crippen molar-refractivity contribution in [1.29, 1.82) is 0 Å². The van der Waals surface area contributed by atoms with E-state index in [9.17, 15) is 9.59 Å². The molecular formula is C20H22O5. The fraction of sp³-hybridized carbons (Fsp3) is 0.300. The van der Waals surface area contributed by atoms with Crippen LogP contribution in [-0.2, 0) is 16.1 Å². The lowest BCUT2D eigenvalue weighted by Gasteiger charge is -2.11. The number of hydrogen-bond donors (Lipinski definition) is 0. The second kappa shape index (κ2) is 9.47. The van der Waals surface area contributed by atoms with E-state index in [1.807, 2.05) is 30.3 Å². The number of rotatable bonds is 9. The Morgan fingerprint density at radius 1 is 1.00 bits per heavy atom. The van der Waals surface area contributed by atoms with E-state index in [1.165, 1.54) is 7.11 Å². The first-order valence-corrected chi connectivity index (χ1v) is 8.17. The maximum Gasteiger partial charge on any atom is 0.306 e. The lowest BCUT2D eigenvalue weighted by atomic mass is 10.1. The highest BCUT2D eigenvalue weighted by Gasteiger charge is 2.15. The maximum absolute atomic E-state index is 12.3. The van der Waals surface area contributed by atoms with Crippen LogP contribution in [0.4, 0.5) is 0 Å². The molecule has 0 N–H and O–H groups in total. The summed E-state index contributed by atoms with van der Waals surface area (Å²) in [7, 11) is 1.50. The summed E-state index contributed by atoms with van der Waals surface area (Å²) in [6.07, 6.45) is 0.140. The molecule has 0 fully saturated rings. The Kier molecular flexibility index (Phi) is 7.01. The Balaban J connectivity index is 2.00. The number of ether oxygens (including phenoxy) is 3. The molecule has 2 aromatic rings. The van der Waals surface area contributed by atoms with Crippen LogP contribution in [0.15, 0.2) is 48.5 Å². The van der Waals surface area contributed by atoms with Crippen LogP contribution in [0.1, 0.15) is 35.7 Å². The standard InChI is InChI=1S/C20H22O5/c1-3-24-20(22)12-11-18(21)17-10-9-16(13-19(17)23-2)25-14-15-7-5-4-6-8-15/h4-10,13H,3,11-12,14H2,1-2H3. The molecular weight excluding hydrogens is 320 g/mol. The Morgan fingerprint density at radius 2 is 1.76 bits per heavy atom. The largest absolute Gasteiger partial charge is 0.496 e. The third-order valence-electron chi connectivity index (χ3n) is 3.58. The molecule has 0 bridgehead atoms. The van der Waals surface area contributed by atoms with Crippen LogP contribution in [-0.4, -0.2) is 25.5 Å². The summed E-state index contributed by atoms with van der Waals surface area (Å²) in [6.45, 7) is 2.47. The van der Waals surface area contributed by atoms with Crippen LogP contribution in [0.5, 0.6) is 11.5 Å². The van der Waals surface area contributed by atoms with Gasteiger partial charge in [0.05, 0.1) is 25.7 Å². The van der Waals surface area contributed by atoms with Gasteiger partial charge in [-0.15, -0.1) is 0 Å². The number of ketones is 1. The fourth-order valence-corrected chi connectivity index (χ4v) is 2.32. The molecule has 0 saturated heterocycles. The SMILES string of the molecule is CCOC(=O)CCC(=O)c1ccc(OCc2ccccc2)cc1OC. The lowest BCUT2D eigenvalue weighted by molar-refractivity contribution is -0.143. The zero-order valence-corrected chi connectivity index (χ0v) is 14.5. The van der Waals surface area contributed by atoms with E-state index in [4.69, 9.17) is 14.2 Å². The molecule has 0 aliphatic carbocycles. The maximum atomic E-state index is 12.3. The molecule has 0 unspecified atom stereocenters. The van der Waals surface area contributed by atoms with Crippen molar-refractivity contribution < 1.29 is 23.8 Å². The molecule has 0 saturated carbocycles. The number of Topliss-reactive ketones (excluding diaryl/α,β-unsaturated/α-hetero) is 1. The zero-order chi connectivity index (χ0) is 18.1. The fourth-order valence-electron chi connectivity index (χ4n) is 2.32. The highest BCUT2D eigenvalue weighted by molar-refractivity contribution is 6.00. The quantitative estimate of drug-likeness (QED) is 0.512. The average molecular weight is 342 g/mol. The minimum Gasteiger partial charge on any atom is -0.496 e. The van der Waals surface area contributed by atoms with Gasteiger partial charge in [0.1, 0.15) is 18.1 Å². The summed E-state index contributed by atoms with van der Waals surface area (Å²) in [4.78, 5) is 23.7. The van der Waals surface area contributed by atoms with E-state index in [2.05, 4.69) is 0 Å². The van der Waals surface area contributed by atoms with E-state index in [0.717, 1.165) is 5.56 Å². The van der Waals surface area contributed by atoms with Gasteiger partial charge in [-0.1, -0.05) is 30.3 Å². The highest BCUT2D eigenvalue weighted by Crippen LogP contribution is 2.26. The number of esters is 1. The van der Waals surface area contributed by atoms with Gasteiger partial charge in [0.2, 0.25) is 0 Å². The van der Waals surface area contributed by atoms with E-state index in [0.29, 0.717) is 30.3 Å². The van der Waals surface area contributed by atoms with E-state index in [1.54, 1.807) is 25.1 Å².